The number of thioether (sulfide) groups is 2. The molecular weight excluding hydrogens is 292 g/mol. The summed E-state index contributed by atoms with van der Waals surface area (Å²) in [7, 11) is 0. The van der Waals surface area contributed by atoms with Gasteiger partial charge in [0, 0.05) is 17.3 Å². The summed E-state index contributed by atoms with van der Waals surface area (Å²) in [6.07, 6.45) is 5.42. The zero-order chi connectivity index (χ0) is 15.8. The molecule has 3 aliphatic rings. The van der Waals surface area contributed by atoms with Gasteiger partial charge in [0.2, 0.25) is 0 Å². The molecule has 0 atom stereocenters. The van der Waals surface area contributed by atoms with Gasteiger partial charge in [-0.15, -0.1) is 11.8 Å². The second kappa shape index (κ2) is 9.84. The van der Waals surface area contributed by atoms with E-state index in [-0.39, 0.29) is 0 Å². The predicted octanol–water partition coefficient (Wildman–Crippen LogP) is 6.99. The Balaban J connectivity index is 0.000000157. The Morgan fingerprint density at radius 1 is 0.619 bits per heavy atom. The van der Waals surface area contributed by atoms with Crippen molar-refractivity contribution >= 4 is 23.5 Å². The molecule has 0 nitrogen and oxygen atoms in total. The molecule has 0 fully saturated rings. The summed E-state index contributed by atoms with van der Waals surface area (Å²) in [5, 5.41) is 0. The van der Waals surface area contributed by atoms with Gasteiger partial charge in [0.15, 0.2) is 0 Å². The average molecular weight is 325 g/mol. The zero-order valence-electron chi connectivity index (χ0n) is 14.8. The third-order valence-electron chi connectivity index (χ3n) is 4.59. The summed E-state index contributed by atoms with van der Waals surface area (Å²) in [5.41, 5.74) is 8.01. The van der Waals surface area contributed by atoms with Crippen LogP contribution in [0.1, 0.15) is 67.2 Å². The Morgan fingerprint density at radius 2 is 1.14 bits per heavy atom. The molecule has 0 spiro atoms. The number of allylic oxidation sites excluding steroid dienone is 4. The van der Waals surface area contributed by atoms with Crippen LogP contribution in [0.15, 0.2) is 32.8 Å². The Labute approximate surface area is 140 Å². The van der Waals surface area contributed by atoms with Crippen molar-refractivity contribution in [2.45, 2.75) is 67.2 Å². The molecule has 0 unspecified atom stereocenters. The summed E-state index contributed by atoms with van der Waals surface area (Å²) < 4.78 is 0. The number of rotatable bonds is 0. The van der Waals surface area contributed by atoms with E-state index in [2.05, 4.69) is 41.5 Å². The van der Waals surface area contributed by atoms with Crippen molar-refractivity contribution < 1.29 is 0 Å². The normalized spacial score (nSPS) is 21.4. The number of hydrogen-bond donors (Lipinski definition) is 0. The van der Waals surface area contributed by atoms with Crippen LogP contribution in [-0.4, -0.2) is 17.3 Å². The van der Waals surface area contributed by atoms with E-state index in [0.29, 0.717) is 0 Å². The predicted molar refractivity (Wildman–Crippen MR) is 103 cm³/mol. The van der Waals surface area contributed by atoms with E-state index >= 15 is 0 Å². The molecule has 0 aromatic rings. The molecule has 21 heavy (non-hydrogen) atoms. The molecule has 120 valence electrons. The van der Waals surface area contributed by atoms with Crippen LogP contribution < -0.4 is 0 Å². The van der Waals surface area contributed by atoms with Gasteiger partial charge < -0.3 is 0 Å². The lowest BCUT2D eigenvalue weighted by Crippen LogP contribution is -1.74. The van der Waals surface area contributed by atoms with Gasteiger partial charge in [-0.05, 0) is 72.1 Å². The Hall–Kier alpha value is -0.0800. The molecule has 0 aromatic heterocycles. The van der Waals surface area contributed by atoms with Crippen molar-refractivity contribution in [1.29, 1.82) is 0 Å². The highest BCUT2D eigenvalue weighted by molar-refractivity contribution is 8.03. The lowest BCUT2D eigenvalue weighted by molar-refractivity contribution is 0.893. The summed E-state index contributed by atoms with van der Waals surface area (Å²) >= 11 is 4.00. The highest BCUT2D eigenvalue weighted by Crippen LogP contribution is 2.29. The zero-order valence-corrected chi connectivity index (χ0v) is 16.4. The molecule has 0 radical (unpaired) electrons. The summed E-state index contributed by atoms with van der Waals surface area (Å²) in [4.78, 5) is 1.54. The molecule has 3 rings (SSSR count). The van der Waals surface area contributed by atoms with Gasteiger partial charge >= 0.3 is 0 Å². The lowest BCUT2D eigenvalue weighted by Gasteiger charge is -1.87. The van der Waals surface area contributed by atoms with Crippen molar-refractivity contribution in [3.63, 3.8) is 0 Å². The van der Waals surface area contributed by atoms with Gasteiger partial charge in [-0.1, -0.05) is 27.9 Å². The molecule has 0 N–H and O–H groups in total. The summed E-state index contributed by atoms with van der Waals surface area (Å²) in [5.74, 6) is 3.86. The Bertz CT molecular complexity index is 336. The first-order valence-electron chi connectivity index (χ1n) is 8.09. The molecule has 0 bridgehead atoms. The fraction of sp³-hybridized carbons (Fsp3) is 0.684. The van der Waals surface area contributed by atoms with E-state index in [1.807, 2.05) is 23.5 Å². The summed E-state index contributed by atoms with van der Waals surface area (Å²) in [6.45, 7) is 13.3. The van der Waals surface area contributed by atoms with Crippen molar-refractivity contribution in [2.75, 3.05) is 17.3 Å². The largest absolute Gasteiger partial charge is 0.153 e. The molecule has 2 heteroatoms. The quantitative estimate of drug-likeness (QED) is 0.440. The molecule has 0 aromatic carbocycles. The first-order chi connectivity index (χ1) is 9.91. The minimum Gasteiger partial charge on any atom is -0.153 e. The summed E-state index contributed by atoms with van der Waals surface area (Å²) in [6, 6.07) is 0. The first kappa shape index (κ1) is 19.0. The van der Waals surface area contributed by atoms with E-state index in [1.165, 1.54) is 42.9 Å². The van der Waals surface area contributed by atoms with Gasteiger partial charge in [-0.25, -0.2) is 0 Å². The van der Waals surface area contributed by atoms with Gasteiger partial charge in [-0.3, -0.25) is 0 Å². The van der Waals surface area contributed by atoms with Crippen LogP contribution in [0.2, 0.25) is 0 Å². The van der Waals surface area contributed by atoms with Crippen LogP contribution >= 0.6 is 23.5 Å². The Morgan fingerprint density at radius 3 is 1.29 bits per heavy atom. The fourth-order valence-electron chi connectivity index (χ4n) is 2.31. The Kier molecular flexibility index (Phi) is 8.89. The van der Waals surface area contributed by atoms with Crippen molar-refractivity contribution in [3.8, 4) is 0 Å². The van der Waals surface area contributed by atoms with Crippen LogP contribution in [0.3, 0.4) is 0 Å². The van der Waals surface area contributed by atoms with Crippen molar-refractivity contribution in [3.05, 3.63) is 32.8 Å². The second-order valence-corrected chi connectivity index (χ2v) is 8.70. The fourth-order valence-corrected chi connectivity index (χ4v) is 4.58. The van der Waals surface area contributed by atoms with Gasteiger partial charge in [-0.2, -0.15) is 11.8 Å². The molecule has 0 amide bonds. The van der Waals surface area contributed by atoms with E-state index in [9.17, 15) is 0 Å². The number of hydrogen-bond acceptors (Lipinski definition) is 2. The average Bonchev–Trinajstić information content (AvgIpc) is 3.11. The maximum Gasteiger partial charge on any atom is 0.0146 e. The molecular formula is C19H32S2. The van der Waals surface area contributed by atoms with E-state index in [1.54, 1.807) is 32.8 Å². The highest BCUT2D eigenvalue weighted by Gasteiger charge is 2.05. The van der Waals surface area contributed by atoms with Crippen molar-refractivity contribution in [2.24, 2.45) is 0 Å². The van der Waals surface area contributed by atoms with Crippen molar-refractivity contribution in [1.82, 2.24) is 0 Å². The minimum absolute atomic E-state index is 1.27. The molecule has 0 saturated heterocycles. The van der Waals surface area contributed by atoms with Gasteiger partial charge in [0.1, 0.15) is 0 Å². The first-order valence-corrected chi connectivity index (χ1v) is 10.2. The van der Waals surface area contributed by atoms with E-state index in [0.717, 1.165) is 0 Å². The van der Waals surface area contributed by atoms with Gasteiger partial charge in [0.05, 0.1) is 0 Å². The molecule has 0 saturated carbocycles. The smallest absolute Gasteiger partial charge is 0.0146 e. The third-order valence-corrected chi connectivity index (χ3v) is 7.06. The maximum absolute atomic E-state index is 2.24. The molecule has 1 aliphatic carbocycles. The van der Waals surface area contributed by atoms with Crippen LogP contribution in [0.5, 0.6) is 0 Å². The van der Waals surface area contributed by atoms with Crippen LogP contribution in [0.25, 0.3) is 0 Å². The van der Waals surface area contributed by atoms with E-state index < -0.39 is 0 Å². The lowest BCUT2D eigenvalue weighted by atomic mass is 10.2. The monoisotopic (exact) mass is 324 g/mol. The van der Waals surface area contributed by atoms with Gasteiger partial charge in [0.25, 0.3) is 0 Å². The standard InChI is InChI=1S/C7H12.2C6H10S/c1-6-4-3-5-7(6)2;1-5-3-7-4-6(5)2;1-5-3-4-7-6(5)2/h3-5H2,1-2H3;2*3-4H2,1-2H3. The molecule has 2 aliphatic heterocycles. The molecule has 2 heterocycles. The minimum atomic E-state index is 1.27. The highest BCUT2D eigenvalue weighted by atomic mass is 32.2. The SMILES string of the molecule is CC1=C(C)CCC1.CC1=C(C)CSC1.CC1=C(C)SCC1. The second-order valence-electron chi connectivity index (χ2n) is 6.40. The van der Waals surface area contributed by atoms with Crippen LogP contribution in [-0.2, 0) is 0 Å². The third kappa shape index (κ3) is 7.15. The topological polar surface area (TPSA) is 0 Å². The van der Waals surface area contributed by atoms with Crippen LogP contribution in [0.4, 0.5) is 0 Å². The van der Waals surface area contributed by atoms with E-state index in [4.69, 9.17) is 0 Å². The maximum atomic E-state index is 2.24. The van der Waals surface area contributed by atoms with Crippen LogP contribution in [0, 0.1) is 0 Å².